The van der Waals surface area contributed by atoms with Crippen LogP contribution in [0.3, 0.4) is 0 Å². The molecule has 0 spiro atoms. The van der Waals surface area contributed by atoms with Gasteiger partial charge in [-0.2, -0.15) is 0 Å². The van der Waals surface area contributed by atoms with Gasteiger partial charge < -0.3 is 20.5 Å². The van der Waals surface area contributed by atoms with Crippen LogP contribution < -0.4 is 15.4 Å². The maximum atomic E-state index is 11.5. The zero-order chi connectivity index (χ0) is 14.8. The molecule has 0 saturated heterocycles. The Morgan fingerprint density at radius 2 is 2.00 bits per heavy atom. The van der Waals surface area contributed by atoms with E-state index in [9.17, 15) is 9.59 Å². The summed E-state index contributed by atoms with van der Waals surface area (Å²) in [6.07, 6.45) is 0.491. The van der Waals surface area contributed by atoms with E-state index in [-0.39, 0.29) is 18.5 Å². The second-order valence-electron chi connectivity index (χ2n) is 4.26. The molecular formula is C14H20N2O4. The number of carbonyl (C=O) groups is 2. The van der Waals surface area contributed by atoms with E-state index in [4.69, 9.17) is 9.84 Å². The lowest BCUT2D eigenvalue weighted by atomic mass is 10.1. The van der Waals surface area contributed by atoms with E-state index in [0.717, 1.165) is 5.75 Å². The number of para-hydroxylation sites is 1. The molecule has 1 aromatic carbocycles. The highest BCUT2D eigenvalue weighted by Crippen LogP contribution is 2.07. The Morgan fingerprint density at radius 1 is 1.30 bits per heavy atom. The molecule has 1 unspecified atom stereocenters. The van der Waals surface area contributed by atoms with Crippen molar-refractivity contribution >= 4 is 12.0 Å². The fraction of sp³-hybridized carbons (Fsp3) is 0.429. The molecule has 0 fully saturated rings. The molecule has 0 aliphatic heterocycles. The second-order valence-corrected chi connectivity index (χ2v) is 4.26. The van der Waals surface area contributed by atoms with E-state index in [1.165, 1.54) is 0 Å². The third kappa shape index (κ3) is 6.63. The minimum atomic E-state index is -0.926. The van der Waals surface area contributed by atoms with Gasteiger partial charge in [0, 0.05) is 6.04 Å². The van der Waals surface area contributed by atoms with Gasteiger partial charge in [-0.1, -0.05) is 25.1 Å². The van der Waals surface area contributed by atoms with Crippen molar-refractivity contribution in [3.05, 3.63) is 30.3 Å². The summed E-state index contributed by atoms with van der Waals surface area (Å²) in [5.74, 6) is -0.184. The Morgan fingerprint density at radius 3 is 2.60 bits per heavy atom. The minimum Gasteiger partial charge on any atom is -0.492 e. The Hall–Kier alpha value is -2.24. The average Bonchev–Trinajstić information content (AvgIpc) is 2.43. The highest BCUT2D eigenvalue weighted by Gasteiger charge is 2.13. The molecule has 6 heteroatoms. The van der Waals surface area contributed by atoms with Crippen molar-refractivity contribution in [2.45, 2.75) is 25.8 Å². The van der Waals surface area contributed by atoms with Crippen LogP contribution in [0.2, 0.25) is 0 Å². The summed E-state index contributed by atoms with van der Waals surface area (Å²) in [5, 5.41) is 13.9. The molecule has 0 aliphatic carbocycles. The third-order valence-corrected chi connectivity index (χ3v) is 2.65. The van der Waals surface area contributed by atoms with E-state index in [2.05, 4.69) is 10.6 Å². The molecule has 0 heterocycles. The van der Waals surface area contributed by atoms with Crippen molar-refractivity contribution in [1.29, 1.82) is 0 Å². The molecule has 0 aliphatic rings. The van der Waals surface area contributed by atoms with E-state index in [0.29, 0.717) is 19.6 Å². The molecule has 0 bridgehead atoms. The van der Waals surface area contributed by atoms with Crippen LogP contribution in [0.25, 0.3) is 0 Å². The maximum absolute atomic E-state index is 11.5. The normalized spacial score (nSPS) is 11.4. The summed E-state index contributed by atoms with van der Waals surface area (Å²) in [6, 6.07) is 8.56. The maximum Gasteiger partial charge on any atom is 0.315 e. The molecule has 110 valence electrons. The first kappa shape index (κ1) is 15.8. The molecule has 0 radical (unpaired) electrons. The quantitative estimate of drug-likeness (QED) is 0.631. The number of urea groups is 1. The Labute approximate surface area is 118 Å². The second kappa shape index (κ2) is 8.79. The van der Waals surface area contributed by atoms with Gasteiger partial charge in [-0.15, -0.1) is 0 Å². The molecular weight excluding hydrogens is 260 g/mol. The van der Waals surface area contributed by atoms with Crippen LogP contribution in [0.1, 0.15) is 19.8 Å². The van der Waals surface area contributed by atoms with Gasteiger partial charge >= 0.3 is 12.0 Å². The summed E-state index contributed by atoms with van der Waals surface area (Å²) in [4.78, 5) is 22.1. The first-order valence-electron chi connectivity index (χ1n) is 6.55. The number of carbonyl (C=O) groups excluding carboxylic acids is 1. The number of nitrogens with one attached hydrogen (secondary N) is 2. The van der Waals surface area contributed by atoms with Crippen molar-refractivity contribution < 1.29 is 19.4 Å². The fourth-order valence-corrected chi connectivity index (χ4v) is 1.59. The number of ether oxygens (including phenoxy) is 1. The van der Waals surface area contributed by atoms with Crippen LogP contribution in [0, 0.1) is 0 Å². The van der Waals surface area contributed by atoms with Crippen LogP contribution >= 0.6 is 0 Å². The molecule has 1 rings (SSSR count). The van der Waals surface area contributed by atoms with E-state index in [1.54, 1.807) is 0 Å². The number of aliphatic carboxylic acids is 1. The minimum absolute atomic E-state index is 0.0789. The van der Waals surface area contributed by atoms with Crippen LogP contribution in [0.4, 0.5) is 4.79 Å². The number of hydrogen-bond acceptors (Lipinski definition) is 3. The first-order valence-corrected chi connectivity index (χ1v) is 6.55. The topological polar surface area (TPSA) is 87.7 Å². The van der Waals surface area contributed by atoms with E-state index >= 15 is 0 Å². The van der Waals surface area contributed by atoms with Crippen LogP contribution in [-0.2, 0) is 4.79 Å². The number of benzene rings is 1. The number of hydrogen-bond donors (Lipinski definition) is 3. The number of carboxylic acids is 1. The van der Waals surface area contributed by atoms with Gasteiger partial charge in [0.1, 0.15) is 12.4 Å². The van der Waals surface area contributed by atoms with Gasteiger partial charge in [-0.05, 0) is 18.6 Å². The molecule has 0 saturated carbocycles. The number of amides is 2. The molecule has 0 aromatic heterocycles. The average molecular weight is 280 g/mol. The summed E-state index contributed by atoms with van der Waals surface area (Å²) in [6.45, 7) is 2.53. The zero-order valence-corrected chi connectivity index (χ0v) is 11.5. The molecule has 20 heavy (non-hydrogen) atoms. The van der Waals surface area contributed by atoms with E-state index in [1.807, 2.05) is 37.3 Å². The van der Waals surface area contributed by atoms with Gasteiger partial charge in [-0.25, -0.2) is 4.79 Å². The molecule has 3 N–H and O–H groups in total. The Bertz CT molecular complexity index is 422. The van der Waals surface area contributed by atoms with Crippen molar-refractivity contribution in [2.75, 3.05) is 13.2 Å². The standard InChI is InChI=1S/C14H20N2O4/c1-2-11(10-13(17)18)16-14(19)15-8-9-20-12-6-4-3-5-7-12/h3-7,11H,2,8-10H2,1H3,(H,17,18)(H2,15,16,19). The lowest BCUT2D eigenvalue weighted by Crippen LogP contribution is -2.43. The van der Waals surface area contributed by atoms with Gasteiger partial charge in [-0.3, -0.25) is 4.79 Å². The largest absolute Gasteiger partial charge is 0.492 e. The Kier molecular flexibility index (Phi) is 6.95. The van der Waals surface area contributed by atoms with Crippen molar-refractivity contribution in [1.82, 2.24) is 10.6 Å². The van der Waals surface area contributed by atoms with Gasteiger partial charge in [0.15, 0.2) is 0 Å². The highest BCUT2D eigenvalue weighted by atomic mass is 16.5. The summed E-state index contributed by atoms with van der Waals surface area (Å²) < 4.78 is 5.42. The van der Waals surface area contributed by atoms with Gasteiger partial charge in [0.05, 0.1) is 13.0 Å². The lowest BCUT2D eigenvalue weighted by molar-refractivity contribution is -0.137. The van der Waals surface area contributed by atoms with Crippen LogP contribution in [0.15, 0.2) is 30.3 Å². The van der Waals surface area contributed by atoms with E-state index < -0.39 is 5.97 Å². The molecule has 1 aromatic rings. The van der Waals surface area contributed by atoms with Crippen molar-refractivity contribution in [3.63, 3.8) is 0 Å². The van der Waals surface area contributed by atoms with Gasteiger partial charge in [0.25, 0.3) is 0 Å². The number of carboxylic acid groups (broad SMARTS) is 1. The molecule has 2 amide bonds. The molecule has 1 atom stereocenters. The molecule has 6 nitrogen and oxygen atoms in total. The third-order valence-electron chi connectivity index (χ3n) is 2.65. The lowest BCUT2D eigenvalue weighted by Gasteiger charge is -2.15. The highest BCUT2D eigenvalue weighted by molar-refractivity contribution is 5.75. The SMILES string of the molecule is CCC(CC(=O)O)NC(=O)NCCOc1ccccc1. The predicted octanol–water partition coefficient (Wildman–Crippen LogP) is 1.62. The summed E-state index contributed by atoms with van der Waals surface area (Å²) >= 11 is 0. The van der Waals surface area contributed by atoms with Crippen LogP contribution in [-0.4, -0.2) is 36.3 Å². The fourth-order valence-electron chi connectivity index (χ4n) is 1.59. The smallest absolute Gasteiger partial charge is 0.315 e. The van der Waals surface area contributed by atoms with Crippen LogP contribution in [0.5, 0.6) is 5.75 Å². The van der Waals surface area contributed by atoms with Gasteiger partial charge in [0.2, 0.25) is 0 Å². The van der Waals surface area contributed by atoms with Crippen molar-refractivity contribution in [3.8, 4) is 5.75 Å². The first-order chi connectivity index (χ1) is 9.61. The zero-order valence-electron chi connectivity index (χ0n) is 11.5. The number of rotatable bonds is 8. The van der Waals surface area contributed by atoms with Crippen molar-refractivity contribution in [2.24, 2.45) is 0 Å². The summed E-state index contributed by atoms with van der Waals surface area (Å²) in [5.41, 5.74) is 0. The summed E-state index contributed by atoms with van der Waals surface area (Å²) in [7, 11) is 0. The monoisotopic (exact) mass is 280 g/mol. The Balaban J connectivity index is 2.18. The predicted molar refractivity (Wildman–Crippen MR) is 74.8 cm³/mol.